The molecule has 0 unspecified atom stereocenters. The number of rotatable bonds is 6. The molecule has 0 aliphatic carbocycles. The molecule has 4 aromatic rings. The number of nitriles is 1. The van der Waals surface area contributed by atoms with E-state index in [4.69, 9.17) is 16.9 Å². The molecule has 1 amide bonds. The first-order chi connectivity index (χ1) is 15.3. The van der Waals surface area contributed by atoms with E-state index in [9.17, 15) is 9.18 Å². The SMILES string of the molecule is C[C@@H](Cn1ccc(-c2cc(F)c(C#N)c(Cl)c2)n1)NC(=O)c1ccn(-c2cnn(C)c2)n1. The van der Waals surface area contributed by atoms with Gasteiger partial charge in [-0.2, -0.15) is 20.6 Å². The zero-order chi connectivity index (χ0) is 22.8. The van der Waals surface area contributed by atoms with Crippen LogP contribution in [0.15, 0.2) is 49.1 Å². The lowest BCUT2D eigenvalue weighted by atomic mass is 10.1. The van der Waals surface area contributed by atoms with Crippen molar-refractivity contribution in [1.29, 1.82) is 5.26 Å². The van der Waals surface area contributed by atoms with Crippen molar-refractivity contribution < 1.29 is 9.18 Å². The van der Waals surface area contributed by atoms with Gasteiger partial charge in [-0.25, -0.2) is 9.07 Å². The van der Waals surface area contributed by atoms with E-state index in [1.807, 2.05) is 6.92 Å². The lowest BCUT2D eigenvalue weighted by Crippen LogP contribution is -2.36. The maximum Gasteiger partial charge on any atom is 0.272 e. The van der Waals surface area contributed by atoms with E-state index in [1.165, 1.54) is 12.1 Å². The third-order valence-corrected chi connectivity index (χ3v) is 5.00. The van der Waals surface area contributed by atoms with Crippen molar-refractivity contribution in [3.8, 4) is 23.0 Å². The molecule has 0 fully saturated rings. The van der Waals surface area contributed by atoms with Gasteiger partial charge in [-0.15, -0.1) is 0 Å². The number of carbonyl (C=O) groups is 1. The zero-order valence-electron chi connectivity index (χ0n) is 17.2. The normalized spacial score (nSPS) is 11.8. The highest BCUT2D eigenvalue weighted by Gasteiger charge is 2.16. The number of nitrogens with zero attached hydrogens (tertiary/aromatic N) is 7. The van der Waals surface area contributed by atoms with Crippen molar-refractivity contribution in [2.75, 3.05) is 0 Å². The van der Waals surface area contributed by atoms with E-state index in [2.05, 4.69) is 20.6 Å². The van der Waals surface area contributed by atoms with Gasteiger partial charge in [0, 0.05) is 31.0 Å². The second kappa shape index (κ2) is 8.64. The summed E-state index contributed by atoms with van der Waals surface area (Å²) in [7, 11) is 1.80. The number of carbonyl (C=O) groups excluding carboxylic acids is 1. The third kappa shape index (κ3) is 4.38. The van der Waals surface area contributed by atoms with Crippen LogP contribution in [-0.4, -0.2) is 41.3 Å². The number of aryl methyl sites for hydroxylation is 1. The van der Waals surface area contributed by atoms with Gasteiger partial charge in [0.15, 0.2) is 5.69 Å². The molecular weight excluding hydrogens is 435 g/mol. The van der Waals surface area contributed by atoms with Crippen molar-refractivity contribution in [2.24, 2.45) is 7.05 Å². The van der Waals surface area contributed by atoms with E-state index in [0.717, 1.165) is 5.69 Å². The molecule has 4 rings (SSSR count). The molecule has 32 heavy (non-hydrogen) atoms. The topological polar surface area (TPSA) is 106 Å². The number of hydrogen-bond acceptors (Lipinski definition) is 5. The summed E-state index contributed by atoms with van der Waals surface area (Å²) >= 11 is 5.98. The van der Waals surface area contributed by atoms with Crippen LogP contribution in [0, 0.1) is 17.1 Å². The van der Waals surface area contributed by atoms with Crippen LogP contribution >= 0.6 is 11.6 Å². The quantitative estimate of drug-likeness (QED) is 0.484. The van der Waals surface area contributed by atoms with Gasteiger partial charge in [0.05, 0.1) is 29.7 Å². The second-order valence-corrected chi connectivity index (χ2v) is 7.65. The summed E-state index contributed by atoms with van der Waals surface area (Å²) in [5, 5.41) is 24.6. The molecule has 0 aliphatic rings. The van der Waals surface area contributed by atoms with Crippen molar-refractivity contribution in [1.82, 2.24) is 34.7 Å². The number of halogens is 2. The highest BCUT2D eigenvalue weighted by molar-refractivity contribution is 6.32. The summed E-state index contributed by atoms with van der Waals surface area (Å²) in [5.74, 6) is -1.01. The van der Waals surface area contributed by atoms with Crippen LogP contribution in [0.1, 0.15) is 23.0 Å². The van der Waals surface area contributed by atoms with Crippen molar-refractivity contribution in [2.45, 2.75) is 19.5 Å². The van der Waals surface area contributed by atoms with E-state index >= 15 is 0 Å². The largest absolute Gasteiger partial charge is 0.346 e. The first kappa shape index (κ1) is 21.3. The van der Waals surface area contributed by atoms with Crippen LogP contribution < -0.4 is 5.32 Å². The average Bonchev–Trinajstić information content (AvgIpc) is 3.48. The van der Waals surface area contributed by atoms with Crippen LogP contribution in [0.4, 0.5) is 4.39 Å². The fraction of sp³-hybridized carbons (Fsp3) is 0.190. The van der Waals surface area contributed by atoms with Gasteiger partial charge in [0.25, 0.3) is 5.91 Å². The number of nitrogens with one attached hydrogen (secondary N) is 1. The van der Waals surface area contributed by atoms with Gasteiger partial charge in [-0.1, -0.05) is 11.6 Å². The van der Waals surface area contributed by atoms with Gasteiger partial charge in [0.2, 0.25) is 0 Å². The summed E-state index contributed by atoms with van der Waals surface area (Å²) in [6, 6.07) is 7.55. The average molecular weight is 453 g/mol. The summed E-state index contributed by atoms with van der Waals surface area (Å²) < 4.78 is 18.9. The van der Waals surface area contributed by atoms with Gasteiger partial charge in [-0.3, -0.25) is 14.2 Å². The summed E-state index contributed by atoms with van der Waals surface area (Å²) in [6.45, 7) is 2.23. The Morgan fingerprint density at radius 3 is 2.81 bits per heavy atom. The molecule has 0 radical (unpaired) electrons. The minimum absolute atomic E-state index is 0.0309. The first-order valence-electron chi connectivity index (χ1n) is 9.62. The molecular formula is C21H18ClFN8O. The Labute approximate surface area is 187 Å². The summed E-state index contributed by atoms with van der Waals surface area (Å²) in [6.07, 6.45) is 6.86. The van der Waals surface area contributed by atoms with Gasteiger partial charge >= 0.3 is 0 Å². The second-order valence-electron chi connectivity index (χ2n) is 7.24. The van der Waals surface area contributed by atoms with Crippen LogP contribution in [0.5, 0.6) is 0 Å². The van der Waals surface area contributed by atoms with Gasteiger partial charge in [-0.05, 0) is 31.2 Å². The number of hydrogen-bond donors (Lipinski definition) is 1. The molecule has 3 aromatic heterocycles. The monoisotopic (exact) mass is 452 g/mol. The van der Waals surface area contributed by atoms with Gasteiger partial charge in [0.1, 0.15) is 23.1 Å². The van der Waals surface area contributed by atoms with Crippen LogP contribution in [0.25, 0.3) is 16.9 Å². The standard InChI is InChI=1S/C21H18ClFN8O/c1-13(26-21(32)20-4-6-31(28-20)15-10-25-29(2)12-15)11-30-5-3-19(27-30)14-7-17(22)16(9-24)18(23)8-14/h3-8,10,12-13H,11H2,1-2H3,(H,26,32)/t13-/m0/s1. The Kier molecular flexibility index (Phi) is 5.75. The van der Waals surface area contributed by atoms with E-state index in [0.29, 0.717) is 17.8 Å². The van der Waals surface area contributed by atoms with Crippen molar-refractivity contribution in [3.05, 3.63) is 71.2 Å². The minimum Gasteiger partial charge on any atom is -0.346 e. The maximum atomic E-state index is 14.0. The zero-order valence-corrected chi connectivity index (χ0v) is 18.0. The molecule has 0 bridgehead atoms. The molecule has 11 heteroatoms. The lowest BCUT2D eigenvalue weighted by molar-refractivity contribution is 0.0930. The highest BCUT2D eigenvalue weighted by atomic mass is 35.5. The number of aromatic nitrogens is 6. The molecule has 0 saturated heterocycles. The first-order valence-corrected chi connectivity index (χ1v) is 10.0. The number of amides is 1. The lowest BCUT2D eigenvalue weighted by Gasteiger charge is -2.13. The van der Waals surface area contributed by atoms with E-state index in [1.54, 1.807) is 64.1 Å². The van der Waals surface area contributed by atoms with E-state index < -0.39 is 5.82 Å². The molecule has 1 atom stereocenters. The Hall–Kier alpha value is -3.97. The molecule has 1 N–H and O–H groups in total. The van der Waals surface area contributed by atoms with Crippen LogP contribution in [0.2, 0.25) is 5.02 Å². The van der Waals surface area contributed by atoms with Crippen molar-refractivity contribution in [3.63, 3.8) is 0 Å². The van der Waals surface area contributed by atoms with Crippen LogP contribution in [0.3, 0.4) is 0 Å². The molecule has 0 aliphatic heterocycles. The van der Waals surface area contributed by atoms with E-state index in [-0.39, 0.29) is 28.2 Å². The molecule has 9 nitrogen and oxygen atoms in total. The Morgan fingerprint density at radius 1 is 1.31 bits per heavy atom. The Balaban J connectivity index is 1.40. The fourth-order valence-electron chi connectivity index (χ4n) is 3.18. The summed E-state index contributed by atoms with van der Waals surface area (Å²) in [5.41, 5.74) is 1.80. The predicted molar refractivity (Wildman–Crippen MR) is 115 cm³/mol. The third-order valence-electron chi connectivity index (χ3n) is 4.71. The predicted octanol–water partition coefficient (Wildman–Crippen LogP) is 2.95. The smallest absolute Gasteiger partial charge is 0.272 e. The Bertz CT molecular complexity index is 1310. The molecule has 0 spiro atoms. The molecule has 1 aromatic carbocycles. The molecule has 3 heterocycles. The highest BCUT2D eigenvalue weighted by Crippen LogP contribution is 2.26. The Morgan fingerprint density at radius 2 is 2.12 bits per heavy atom. The minimum atomic E-state index is -0.698. The van der Waals surface area contributed by atoms with Gasteiger partial charge < -0.3 is 5.32 Å². The fourth-order valence-corrected chi connectivity index (χ4v) is 3.43. The maximum absolute atomic E-state index is 14.0. The summed E-state index contributed by atoms with van der Waals surface area (Å²) in [4.78, 5) is 12.5. The number of benzene rings is 1. The molecule has 0 saturated carbocycles. The van der Waals surface area contributed by atoms with Crippen molar-refractivity contribution >= 4 is 17.5 Å². The molecule has 162 valence electrons. The van der Waals surface area contributed by atoms with Crippen LogP contribution in [-0.2, 0) is 13.6 Å².